The first-order valence-corrected chi connectivity index (χ1v) is 6.46. The van der Waals surface area contributed by atoms with Crippen molar-refractivity contribution in [1.29, 1.82) is 0 Å². The third-order valence-corrected chi connectivity index (χ3v) is 3.74. The van der Waals surface area contributed by atoms with Gasteiger partial charge in [-0.15, -0.1) is 0 Å². The van der Waals surface area contributed by atoms with Crippen molar-refractivity contribution in [3.8, 4) is 0 Å². The maximum Gasteiger partial charge on any atom is 0.261 e. The van der Waals surface area contributed by atoms with E-state index in [1.54, 1.807) is 24.3 Å². The zero-order valence-electron chi connectivity index (χ0n) is 10.2. The average molecular weight is 244 g/mol. The van der Waals surface area contributed by atoms with Crippen LogP contribution in [0, 0.1) is 0 Å². The van der Waals surface area contributed by atoms with Crippen molar-refractivity contribution in [2.45, 2.75) is 25.3 Å². The van der Waals surface area contributed by atoms with Crippen LogP contribution in [0.15, 0.2) is 24.3 Å². The smallest absolute Gasteiger partial charge is 0.261 e. The van der Waals surface area contributed by atoms with Crippen LogP contribution in [-0.2, 0) is 0 Å². The van der Waals surface area contributed by atoms with Gasteiger partial charge >= 0.3 is 0 Å². The van der Waals surface area contributed by atoms with Crippen LogP contribution < -0.4 is 5.32 Å². The lowest BCUT2D eigenvalue weighted by Crippen LogP contribution is -2.34. The van der Waals surface area contributed by atoms with Gasteiger partial charge in [-0.05, 0) is 37.9 Å². The van der Waals surface area contributed by atoms with E-state index in [2.05, 4.69) is 5.32 Å². The quantitative estimate of drug-likeness (QED) is 0.818. The molecule has 4 heteroatoms. The Kier molecular flexibility index (Phi) is 2.88. The number of nitrogens with zero attached hydrogens (tertiary/aromatic N) is 1. The van der Waals surface area contributed by atoms with Gasteiger partial charge in [-0.1, -0.05) is 12.1 Å². The normalized spacial score (nSPS) is 22.7. The molecule has 0 aromatic heterocycles. The molecular formula is C14H16N2O2. The number of hydrogen-bond donors (Lipinski definition) is 1. The lowest BCUT2D eigenvalue weighted by Gasteiger charge is -2.16. The summed E-state index contributed by atoms with van der Waals surface area (Å²) in [4.78, 5) is 25.6. The fourth-order valence-electron chi connectivity index (χ4n) is 2.73. The number of amides is 2. The molecule has 0 aliphatic carbocycles. The number of imide groups is 1. The van der Waals surface area contributed by atoms with Crippen LogP contribution in [0.4, 0.5) is 0 Å². The summed E-state index contributed by atoms with van der Waals surface area (Å²) in [7, 11) is 0. The molecule has 1 atom stereocenters. The van der Waals surface area contributed by atoms with E-state index >= 15 is 0 Å². The Morgan fingerprint density at radius 3 is 2.39 bits per heavy atom. The molecule has 4 nitrogen and oxygen atoms in total. The van der Waals surface area contributed by atoms with E-state index in [4.69, 9.17) is 0 Å². The summed E-state index contributed by atoms with van der Waals surface area (Å²) in [6.07, 6.45) is 3.18. The van der Waals surface area contributed by atoms with Crippen molar-refractivity contribution < 1.29 is 9.59 Å². The number of fused-ring (bicyclic) bond motifs is 1. The van der Waals surface area contributed by atoms with E-state index in [1.807, 2.05) is 0 Å². The predicted octanol–water partition coefficient (Wildman–Crippen LogP) is 1.42. The molecule has 3 rings (SSSR count). The van der Waals surface area contributed by atoms with Crippen LogP contribution in [-0.4, -0.2) is 35.8 Å². The van der Waals surface area contributed by atoms with E-state index in [0.29, 0.717) is 23.7 Å². The second kappa shape index (κ2) is 4.53. The molecule has 1 N–H and O–H groups in total. The average Bonchev–Trinajstić information content (AvgIpc) is 2.98. The first-order chi connectivity index (χ1) is 8.77. The van der Waals surface area contributed by atoms with Gasteiger partial charge in [-0.3, -0.25) is 14.5 Å². The molecule has 1 unspecified atom stereocenters. The lowest BCUT2D eigenvalue weighted by molar-refractivity contribution is 0.0649. The third kappa shape index (κ3) is 1.82. The van der Waals surface area contributed by atoms with Gasteiger partial charge in [-0.2, -0.15) is 0 Å². The maximum absolute atomic E-state index is 12.1. The third-order valence-electron chi connectivity index (χ3n) is 3.74. The molecule has 0 spiro atoms. The maximum atomic E-state index is 12.1. The van der Waals surface area contributed by atoms with Gasteiger partial charge < -0.3 is 5.32 Å². The van der Waals surface area contributed by atoms with Gasteiger partial charge in [0.15, 0.2) is 0 Å². The monoisotopic (exact) mass is 244 g/mol. The van der Waals surface area contributed by atoms with E-state index in [-0.39, 0.29) is 11.8 Å². The minimum Gasteiger partial charge on any atom is -0.314 e. The Hall–Kier alpha value is -1.68. The van der Waals surface area contributed by atoms with Crippen molar-refractivity contribution >= 4 is 11.8 Å². The SMILES string of the molecule is O=C1c2ccccc2C(=O)N1CCC1CCCN1. The summed E-state index contributed by atoms with van der Waals surface area (Å²) in [5.41, 5.74) is 1.09. The topological polar surface area (TPSA) is 49.4 Å². The zero-order chi connectivity index (χ0) is 12.5. The van der Waals surface area contributed by atoms with E-state index in [9.17, 15) is 9.59 Å². The fraction of sp³-hybridized carbons (Fsp3) is 0.429. The number of carbonyl (C=O) groups excluding carboxylic acids is 2. The van der Waals surface area contributed by atoms with Crippen molar-refractivity contribution in [2.75, 3.05) is 13.1 Å². The molecular weight excluding hydrogens is 228 g/mol. The molecule has 1 fully saturated rings. The zero-order valence-corrected chi connectivity index (χ0v) is 10.2. The highest BCUT2D eigenvalue weighted by Crippen LogP contribution is 2.23. The molecule has 2 aliphatic heterocycles. The van der Waals surface area contributed by atoms with Gasteiger partial charge in [-0.25, -0.2) is 0 Å². The first kappa shape index (κ1) is 11.4. The molecule has 2 aliphatic rings. The van der Waals surface area contributed by atoms with Gasteiger partial charge in [0.05, 0.1) is 11.1 Å². The Labute approximate surface area is 106 Å². The van der Waals surface area contributed by atoms with Crippen LogP contribution in [0.1, 0.15) is 40.0 Å². The summed E-state index contributed by atoms with van der Waals surface area (Å²) in [5, 5.41) is 3.38. The highest BCUT2D eigenvalue weighted by molar-refractivity contribution is 6.21. The number of carbonyl (C=O) groups is 2. The molecule has 0 radical (unpaired) electrons. The fourth-order valence-corrected chi connectivity index (χ4v) is 2.73. The van der Waals surface area contributed by atoms with Gasteiger partial charge in [0.1, 0.15) is 0 Å². The van der Waals surface area contributed by atoms with Crippen LogP contribution in [0.3, 0.4) is 0 Å². The number of rotatable bonds is 3. The minimum atomic E-state index is -0.145. The molecule has 1 aromatic rings. The van der Waals surface area contributed by atoms with Crippen LogP contribution >= 0.6 is 0 Å². The summed E-state index contributed by atoms with van der Waals surface area (Å²) in [6.45, 7) is 1.57. The first-order valence-electron chi connectivity index (χ1n) is 6.46. The van der Waals surface area contributed by atoms with Gasteiger partial charge in [0, 0.05) is 12.6 Å². The van der Waals surface area contributed by atoms with Crippen molar-refractivity contribution in [1.82, 2.24) is 10.2 Å². The summed E-state index contributed by atoms with van der Waals surface area (Å²) in [5.74, 6) is -0.290. The molecule has 18 heavy (non-hydrogen) atoms. The standard InChI is InChI=1S/C14H16N2O2/c17-13-11-5-1-2-6-12(11)14(18)16(13)9-7-10-4-3-8-15-10/h1-2,5-6,10,15H,3-4,7-9H2. The highest BCUT2D eigenvalue weighted by atomic mass is 16.2. The molecule has 94 valence electrons. The van der Waals surface area contributed by atoms with Crippen LogP contribution in [0.2, 0.25) is 0 Å². The predicted molar refractivity (Wildman–Crippen MR) is 67.5 cm³/mol. The van der Waals surface area contributed by atoms with Crippen LogP contribution in [0.25, 0.3) is 0 Å². The van der Waals surface area contributed by atoms with Crippen LogP contribution in [0.5, 0.6) is 0 Å². The van der Waals surface area contributed by atoms with E-state index in [0.717, 1.165) is 19.4 Å². The van der Waals surface area contributed by atoms with Gasteiger partial charge in [0.25, 0.3) is 11.8 Å². The number of benzene rings is 1. The van der Waals surface area contributed by atoms with Gasteiger partial charge in [0.2, 0.25) is 0 Å². The Bertz CT molecular complexity index is 457. The molecule has 1 aromatic carbocycles. The second-order valence-electron chi connectivity index (χ2n) is 4.89. The largest absolute Gasteiger partial charge is 0.314 e. The lowest BCUT2D eigenvalue weighted by atomic mass is 10.1. The van der Waals surface area contributed by atoms with Crippen molar-refractivity contribution in [3.63, 3.8) is 0 Å². The number of nitrogens with one attached hydrogen (secondary N) is 1. The van der Waals surface area contributed by atoms with Crippen molar-refractivity contribution in [3.05, 3.63) is 35.4 Å². The Morgan fingerprint density at radius 2 is 1.83 bits per heavy atom. The summed E-state index contributed by atoms with van der Waals surface area (Å²) >= 11 is 0. The molecule has 0 saturated carbocycles. The van der Waals surface area contributed by atoms with E-state index < -0.39 is 0 Å². The van der Waals surface area contributed by atoms with Crippen molar-refractivity contribution in [2.24, 2.45) is 0 Å². The molecule has 2 heterocycles. The van der Waals surface area contributed by atoms with E-state index in [1.165, 1.54) is 11.3 Å². The molecule has 0 bridgehead atoms. The Morgan fingerprint density at radius 1 is 1.17 bits per heavy atom. The highest BCUT2D eigenvalue weighted by Gasteiger charge is 2.35. The second-order valence-corrected chi connectivity index (χ2v) is 4.89. The summed E-state index contributed by atoms with van der Waals surface area (Å²) < 4.78 is 0. The summed E-state index contributed by atoms with van der Waals surface area (Å²) in [6, 6.07) is 7.50. The molecule has 2 amide bonds. The minimum absolute atomic E-state index is 0.145. The number of hydrogen-bond acceptors (Lipinski definition) is 3. The molecule has 1 saturated heterocycles. The Balaban J connectivity index is 1.71.